The van der Waals surface area contributed by atoms with E-state index in [1.165, 1.54) is 12.1 Å². The molecule has 0 aliphatic rings. The number of aliphatic hydroxyl groups is 1. The number of furan rings is 1. The Morgan fingerprint density at radius 1 is 1.26 bits per heavy atom. The van der Waals surface area contributed by atoms with Crippen molar-refractivity contribution in [1.29, 1.82) is 0 Å². The SMILES string of the molecule is CNc1ccc(CSCCNC(=NCC(O)c2ccc(C(N)=O)cc2)NS(C)(=O)=O)o1. The number of guanidine groups is 1. The number of hydrogen-bond donors (Lipinski definition) is 5. The largest absolute Gasteiger partial charge is 0.445 e. The van der Waals surface area contributed by atoms with Gasteiger partial charge in [0.1, 0.15) is 5.76 Å². The van der Waals surface area contributed by atoms with Crippen LogP contribution in [0.1, 0.15) is 27.8 Å². The first-order valence-corrected chi connectivity index (χ1v) is 12.4. The summed E-state index contributed by atoms with van der Waals surface area (Å²) in [6, 6.07) is 9.90. The van der Waals surface area contributed by atoms with Gasteiger partial charge in [0.25, 0.3) is 0 Å². The number of aliphatic hydroxyl groups excluding tert-OH is 1. The van der Waals surface area contributed by atoms with Crippen molar-refractivity contribution in [3.05, 3.63) is 53.3 Å². The second-order valence-electron chi connectivity index (χ2n) is 6.56. The van der Waals surface area contributed by atoms with E-state index in [-0.39, 0.29) is 12.5 Å². The second kappa shape index (κ2) is 11.6. The van der Waals surface area contributed by atoms with Crippen LogP contribution in [0.25, 0.3) is 0 Å². The van der Waals surface area contributed by atoms with Crippen LogP contribution < -0.4 is 21.1 Å². The second-order valence-corrected chi connectivity index (χ2v) is 9.41. The Hall–Kier alpha value is -2.70. The van der Waals surface area contributed by atoms with E-state index >= 15 is 0 Å². The summed E-state index contributed by atoms with van der Waals surface area (Å²) in [6.07, 6.45) is 0.0450. The van der Waals surface area contributed by atoms with Gasteiger partial charge >= 0.3 is 0 Å². The van der Waals surface area contributed by atoms with E-state index < -0.39 is 22.0 Å². The number of primary amides is 1. The Morgan fingerprint density at radius 3 is 2.55 bits per heavy atom. The first kappa shape index (κ1) is 24.6. The molecule has 1 unspecified atom stereocenters. The number of amides is 1. The fourth-order valence-corrected chi connectivity index (χ4v) is 3.69. The third-order valence-corrected chi connectivity index (χ3v) is 5.52. The molecule has 6 N–H and O–H groups in total. The van der Waals surface area contributed by atoms with Gasteiger partial charge in [-0.2, -0.15) is 11.8 Å². The highest BCUT2D eigenvalue weighted by Gasteiger charge is 2.11. The first-order chi connectivity index (χ1) is 14.7. The van der Waals surface area contributed by atoms with Crippen LogP contribution in [-0.2, 0) is 15.8 Å². The number of sulfonamides is 1. The van der Waals surface area contributed by atoms with Crippen molar-refractivity contribution in [3.63, 3.8) is 0 Å². The van der Waals surface area contributed by atoms with Crippen LogP contribution in [0.4, 0.5) is 5.88 Å². The van der Waals surface area contributed by atoms with Gasteiger partial charge < -0.3 is 25.9 Å². The molecule has 0 radical (unpaired) electrons. The van der Waals surface area contributed by atoms with Gasteiger partial charge in [-0.05, 0) is 23.8 Å². The molecule has 1 aromatic carbocycles. The molecule has 0 saturated carbocycles. The summed E-state index contributed by atoms with van der Waals surface area (Å²) in [4.78, 5) is 15.3. The molecular formula is C19H27N5O5S2. The first-order valence-electron chi connectivity index (χ1n) is 9.36. The summed E-state index contributed by atoms with van der Waals surface area (Å²) in [5.74, 6) is 2.37. The van der Waals surface area contributed by atoms with Crippen LogP contribution in [0, 0.1) is 0 Å². The molecule has 2 rings (SSSR count). The maximum absolute atomic E-state index is 11.6. The van der Waals surface area contributed by atoms with Gasteiger partial charge in [-0.25, -0.2) is 13.4 Å². The molecule has 0 aliphatic heterocycles. The van der Waals surface area contributed by atoms with Crippen LogP contribution in [0.5, 0.6) is 0 Å². The van der Waals surface area contributed by atoms with Gasteiger partial charge in [-0.1, -0.05) is 12.1 Å². The maximum Gasteiger partial charge on any atom is 0.248 e. The van der Waals surface area contributed by atoms with Gasteiger partial charge in [0.05, 0.1) is 24.7 Å². The molecule has 0 bridgehead atoms. The Morgan fingerprint density at radius 2 is 1.97 bits per heavy atom. The lowest BCUT2D eigenvalue weighted by Crippen LogP contribution is -2.41. The fourth-order valence-electron chi connectivity index (χ4n) is 2.46. The highest BCUT2D eigenvalue weighted by Crippen LogP contribution is 2.18. The third kappa shape index (κ3) is 8.90. The molecule has 0 saturated heterocycles. The molecule has 1 heterocycles. The van der Waals surface area contributed by atoms with Crippen molar-refractivity contribution in [1.82, 2.24) is 10.0 Å². The number of thioether (sulfide) groups is 1. The van der Waals surface area contributed by atoms with Crippen LogP contribution in [0.15, 0.2) is 45.8 Å². The van der Waals surface area contributed by atoms with Crippen LogP contribution >= 0.6 is 11.8 Å². The van der Waals surface area contributed by atoms with Crippen LogP contribution in [0.3, 0.4) is 0 Å². The summed E-state index contributed by atoms with van der Waals surface area (Å²) in [5, 5.41) is 16.2. The highest BCUT2D eigenvalue weighted by molar-refractivity contribution is 7.98. The summed E-state index contributed by atoms with van der Waals surface area (Å²) in [7, 11) is -1.76. The highest BCUT2D eigenvalue weighted by atomic mass is 32.2. The molecule has 2 aromatic rings. The summed E-state index contributed by atoms with van der Waals surface area (Å²) < 4.78 is 31.0. The number of anilines is 1. The van der Waals surface area contributed by atoms with E-state index in [0.29, 0.717) is 35.1 Å². The summed E-state index contributed by atoms with van der Waals surface area (Å²) in [6.45, 7) is 0.377. The minimum atomic E-state index is -3.54. The monoisotopic (exact) mass is 469 g/mol. The summed E-state index contributed by atoms with van der Waals surface area (Å²) >= 11 is 1.61. The number of carbonyl (C=O) groups is 1. The van der Waals surface area contributed by atoms with Gasteiger partial charge in [-0.3, -0.25) is 9.52 Å². The third-order valence-electron chi connectivity index (χ3n) is 3.98. The quantitative estimate of drug-likeness (QED) is 0.184. The number of hydrogen-bond acceptors (Lipinski definition) is 8. The maximum atomic E-state index is 11.6. The van der Waals surface area contributed by atoms with Crippen LogP contribution in [-0.4, -0.2) is 57.5 Å². The molecule has 0 spiro atoms. The van der Waals surface area contributed by atoms with E-state index in [4.69, 9.17) is 10.2 Å². The zero-order valence-electron chi connectivity index (χ0n) is 17.3. The van der Waals surface area contributed by atoms with E-state index in [9.17, 15) is 18.3 Å². The number of aliphatic imine (C=N–C) groups is 1. The molecule has 12 heteroatoms. The van der Waals surface area contributed by atoms with E-state index in [2.05, 4.69) is 20.3 Å². The zero-order chi connectivity index (χ0) is 22.9. The molecule has 31 heavy (non-hydrogen) atoms. The lowest BCUT2D eigenvalue weighted by Gasteiger charge is -2.13. The minimum Gasteiger partial charge on any atom is -0.445 e. The molecule has 0 fully saturated rings. The molecule has 1 atom stereocenters. The smallest absolute Gasteiger partial charge is 0.248 e. The van der Waals surface area contributed by atoms with Crippen molar-refractivity contribution in [2.75, 3.05) is 37.5 Å². The summed E-state index contributed by atoms with van der Waals surface area (Å²) in [5.41, 5.74) is 6.06. The lowest BCUT2D eigenvalue weighted by atomic mass is 10.1. The predicted octanol–water partition coefficient (Wildman–Crippen LogP) is 0.882. The van der Waals surface area contributed by atoms with Crippen molar-refractivity contribution < 1.29 is 22.7 Å². The van der Waals surface area contributed by atoms with Crippen molar-refractivity contribution in [2.45, 2.75) is 11.9 Å². The molecule has 170 valence electrons. The number of nitrogens with two attached hydrogens (primary N) is 1. The number of carbonyl (C=O) groups excluding carboxylic acids is 1. The Balaban J connectivity index is 1.87. The van der Waals surface area contributed by atoms with E-state index in [1.54, 1.807) is 30.9 Å². The van der Waals surface area contributed by atoms with Gasteiger partial charge in [0.15, 0.2) is 5.88 Å². The molecule has 1 amide bonds. The normalized spacial score (nSPS) is 12.9. The fraction of sp³-hybridized carbons (Fsp3) is 0.368. The topological polar surface area (TPSA) is 159 Å². The van der Waals surface area contributed by atoms with Gasteiger partial charge in [0.2, 0.25) is 21.9 Å². The number of nitrogens with zero attached hydrogens (tertiary/aromatic N) is 1. The predicted molar refractivity (Wildman–Crippen MR) is 123 cm³/mol. The Kier molecular flexibility index (Phi) is 9.21. The van der Waals surface area contributed by atoms with E-state index in [0.717, 1.165) is 12.0 Å². The number of nitrogens with one attached hydrogen (secondary N) is 3. The standard InChI is InChI=1S/C19H27N5O5S2/c1-21-17-8-7-15(29-17)12-30-10-9-22-19(24-31(2,27)28)23-11-16(25)13-3-5-14(6-4-13)18(20)26/h3-8,16,21,25H,9-12H2,1-2H3,(H2,20,26)(H2,22,23,24). The lowest BCUT2D eigenvalue weighted by molar-refractivity contribution is 0.1000. The van der Waals surface area contributed by atoms with Crippen molar-refractivity contribution >= 4 is 39.5 Å². The number of benzene rings is 1. The average molecular weight is 470 g/mol. The van der Waals surface area contributed by atoms with Crippen molar-refractivity contribution in [2.24, 2.45) is 10.7 Å². The van der Waals surface area contributed by atoms with Gasteiger partial charge in [0, 0.05) is 31.0 Å². The minimum absolute atomic E-state index is 0.0476. The Labute approximate surface area is 185 Å². The number of rotatable bonds is 11. The molecular weight excluding hydrogens is 442 g/mol. The molecule has 1 aromatic heterocycles. The molecule has 10 nitrogen and oxygen atoms in total. The van der Waals surface area contributed by atoms with Crippen molar-refractivity contribution in [3.8, 4) is 0 Å². The average Bonchev–Trinajstić information content (AvgIpc) is 3.18. The van der Waals surface area contributed by atoms with Crippen LogP contribution in [0.2, 0.25) is 0 Å². The van der Waals surface area contributed by atoms with E-state index in [1.807, 2.05) is 12.1 Å². The van der Waals surface area contributed by atoms with Gasteiger partial charge in [-0.15, -0.1) is 0 Å². The zero-order valence-corrected chi connectivity index (χ0v) is 18.9. The Bertz CT molecular complexity index is 989. The molecule has 0 aliphatic carbocycles.